The van der Waals surface area contributed by atoms with Crippen molar-refractivity contribution in [1.29, 1.82) is 0 Å². The van der Waals surface area contributed by atoms with E-state index in [1.54, 1.807) is 0 Å². The molecule has 1 nitrogen and oxygen atoms in total. The molecule has 0 amide bonds. The Morgan fingerprint density at radius 1 is 0.434 bits per heavy atom. The zero-order valence-electron chi connectivity index (χ0n) is 30.0. The first-order valence-corrected chi connectivity index (χ1v) is 18.7. The largest absolute Gasteiger partial charge is 0.310 e. The van der Waals surface area contributed by atoms with Crippen LogP contribution in [0.2, 0.25) is 0 Å². The Balaban J connectivity index is 1.20. The van der Waals surface area contributed by atoms with E-state index < -0.39 is 0 Å². The number of benzene rings is 7. The van der Waals surface area contributed by atoms with E-state index >= 15 is 0 Å². The van der Waals surface area contributed by atoms with Crippen molar-refractivity contribution >= 4 is 40.4 Å². The zero-order valence-corrected chi connectivity index (χ0v) is 30.0. The molecule has 0 saturated carbocycles. The molecule has 1 aliphatic rings. The molecule has 7 aromatic rings. The number of hydrogen-bond acceptors (Lipinski definition) is 1. The molecule has 0 N–H and O–H groups in total. The lowest BCUT2D eigenvalue weighted by Gasteiger charge is -2.29. The first kappa shape index (κ1) is 33.7. The van der Waals surface area contributed by atoms with Gasteiger partial charge in [-0.1, -0.05) is 176 Å². The summed E-state index contributed by atoms with van der Waals surface area (Å²) in [6.45, 7) is 0. The minimum Gasteiger partial charge on any atom is -0.310 e. The molecule has 0 atom stereocenters. The first-order valence-electron chi connectivity index (χ1n) is 18.7. The van der Waals surface area contributed by atoms with Crippen molar-refractivity contribution < 1.29 is 0 Å². The van der Waals surface area contributed by atoms with Crippen LogP contribution in [-0.4, -0.2) is 0 Å². The summed E-state index contributed by atoms with van der Waals surface area (Å²) < 4.78 is 0. The summed E-state index contributed by atoms with van der Waals surface area (Å²) >= 11 is 0. The van der Waals surface area contributed by atoms with Crippen LogP contribution in [0.15, 0.2) is 200 Å². The molecule has 0 bridgehead atoms. The smallest absolute Gasteiger partial charge is 0.0533 e. The van der Waals surface area contributed by atoms with Crippen LogP contribution in [0.4, 0.5) is 17.1 Å². The SMILES string of the molecule is C(=Cc1ccccc1N(c1ccc(C=C(c2ccccc2)c2ccccc2)cc1)c1ccc2c(c1)CCCC2)C=C(c1ccccc1)c1ccccc1. The third kappa shape index (κ3) is 7.91. The third-order valence-corrected chi connectivity index (χ3v) is 10.1. The summed E-state index contributed by atoms with van der Waals surface area (Å²) in [5.41, 5.74) is 15.9. The lowest BCUT2D eigenvalue weighted by atomic mass is 9.91. The van der Waals surface area contributed by atoms with Crippen molar-refractivity contribution in [1.82, 2.24) is 0 Å². The Kier molecular flexibility index (Phi) is 10.3. The first-order chi connectivity index (χ1) is 26.3. The normalized spacial score (nSPS) is 12.2. The van der Waals surface area contributed by atoms with Gasteiger partial charge in [-0.05, 0) is 118 Å². The van der Waals surface area contributed by atoms with Crippen molar-refractivity contribution in [2.24, 2.45) is 0 Å². The average Bonchev–Trinajstić information content (AvgIpc) is 3.24. The van der Waals surface area contributed by atoms with Crippen molar-refractivity contribution in [3.05, 3.63) is 245 Å². The van der Waals surface area contributed by atoms with Crippen LogP contribution in [0.1, 0.15) is 57.3 Å². The number of para-hydroxylation sites is 1. The van der Waals surface area contributed by atoms with Crippen LogP contribution < -0.4 is 4.90 Å². The van der Waals surface area contributed by atoms with Gasteiger partial charge in [0.15, 0.2) is 0 Å². The Bertz CT molecular complexity index is 2270. The van der Waals surface area contributed by atoms with E-state index in [4.69, 9.17) is 0 Å². The molecule has 0 aliphatic heterocycles. The van der Waals surface area contributed by atoms with E-state index in [9.17, 15) is 0 Å². The zero-order chi connectivity index (χ0) is 35.7. The molecule has 0 heterocycles. The highest BCUT2D eigenvalue weighted by atomic mass is 15.1. The second-order valence-corrected chi connectivity index (χ2v) is 13.6. The van der Waals surface area contributed by atoms with E-state index in [2.05, 4.69) is 217 Å². The molecule has 0 saturated heterocycles. The molecule has 53 heavy (non-hydrogen) atoms. The Morgan fingerprint density at radius 3 is 1.51 bits per heavy atom. The molecule has 7 aromatic carbocycles. The van der Waals surface area contributed by atoms with Crippen LogP contribution in [0.5, 0.6) is 0 Å². The fourth-order valence-electron chi connectivity index (χ4n) is 7.42. The Morgan fingerprint density at radius 2 is 0.925 bits per heavy atom. The topological polar surface area (TPSA) is 3.24 Å². The van der Waals surface area contributed by atoms with E-state index in [1.807, 2.05) is 0 Å². The molecule has 1 heteroatoms. The van der Waals surface area contributed by atoms with Crippen LogP contribution in [-0.2, 0) is 12.8 Å². The summed E-state index contributed by atoms with van der Waals surface area (Å²) in [4.78, 5) is 2.43. The lowest BCUT2D eigenvalue weighted by Crippen LogP contribution is -2.13. The molecule has 8 rings (SSSR count). The Labute approximate surface area is 314 Å². The monoisotopic (exact) mass is 681 g/mol. The number of allylic oxidation sites excluding steroid dienone is 2. The van der Waals surface area contributed by atoms with E-state index in [-0.39, 0.29) is 0 Å². The molecule has 0 unspecified atom stereocenters. The molecular formula is C52H43N. The van der Waals surface area contributed by atoms with E-state index in [0.29, 0.717) is 0 Å². The van der Waals surface area contributed by atoms with Gasteiger partial charge in [-0.15, -0.1) is 0 Å². The third-order valence-electron chi connectivity index (χ3n) is 10.1. The van der Waals surface area contributed by atoms with Crippen LogP contribution in [0.3, 0.4) is 0 Å². The number of nitrogens with zero attached hydrogens (tertiary/aromatic N) is 1. The van der Waals surface area contributed by atoms with Crippen molar-refractivity contribution in [2.45, 2.75) is 25.7 Å². The summed E-state index contributed by atoms with van der Waals surface area (Å²) in [6, 6.07) is 67.5. The minimum atomic E-state index is 1.13. The highest BCUT2D eigenvalue weighted by Gasteiger charge is 2.18. The van der Waals surface area contributed by atoms with Gasteiger partial charge in [0.1, 0.15) is 0 Å². The van der Waals surface area contributed by atoms with Gasteiger partial charge in [0, 0.05) is 11.4 Å². The summed E-state index contributed by atoms with van der Waals surface area (Å²) in [6.07, 6.45) is 13.8. The number of hydrogen-bond donors (Lipinski definition) is 0. The van der Waals surface area contributed by atoms with Crippen LogP contribution >= 0.6 is 0 Å². The Hall–Kier alpha value is -6.44. The predicted octanol–water partition coefficient (Wildman–Crippen LogP) is 13.8. The van der Waals surface area contributed by atoms with Gasteiger partial charge < -0.3 is 4.90 Å². The summed E-state index contributed by atoms with van der Waals surface area (Å²) in [7, 11) is 0. The molecule has 0 aromatic heterocycles. The van der Waals surface area contributed by atoms with Crippen molar-refractivity contribution in [3.8, 4) is 0 Å². The standard InChI is InChI=1S/C52H43N/c1-5-19-42(20-6-1)50(43-21-7-2-8-22-43)30-17-29-46-27-15-16-31-52(46)53(49-37-34-41-18-13-14-28-47(41)39-49)48-35-32-40(33-36-48)38-51(44-23-9-3-10-24-44)45-25-11-4-12-26-45/h1-12,15-17,19-27,29-39H,13-14,18,28H2. The predicted molar refractivity (Wildman–Crippen MR) is 227 cm³/mol. The molecule has 0 spiro atoms. The van der Waals surface area contributed by atoms with E-state index in [1.165, 1.54) is 69.5 Å². The van der Waals surface area contributed by atoms with Crippen LogP contribution in [0, 0.1) is 0 Å². The maximum atomic E-state index is 2.43. The maximum Gasteiger partial charge on any atom is 0.0533 e. The number of fused-ring (bicyclic) bond motifs is 1. The highest BCUT2D eigenvalue weighted by molar-refractivity contribution is 5.92. The number of aryl methyl sites for hydroxylation is 2. The fourth-order valence-corrected chi connectivity index (χ4v) is 7.42. The highest BCUT2D eigenvalue weighted by Crippen LogP contribution is 2.39. The van der Waals surface area contributed by atoms with Gasteiger partial charge in [-0.2, -0.15) is 0 Å². The van der Waals surface area contributed by atoms with Gasteiger partial charge in [-0.25, -0.2) is 0 Å². The molecule has 256 valence electrons. The molecular weight excluding hydrogens is 639 g/mol. The van der Waals surface area contributed by atoms with Gasteiger partial charge in [0.05, 0.1) is 5.69 Å². The van der Waals surface area contributed by atoms with Crippen molar-refractivity contribution in [3.63, 3.8) is 0 Å². The fraction of sp³-hybridized carbons (Fsp3) is 0.0769. The summed E-state index contributed by atoms with van der Waals surface area (Å²) in [5.74, 6) is 0. The van der Waals surface area contributed by atoms with Gasteiger partial charge in [-0.3, -0.25) is 0 Å². The molecule has 0 fully saturated rings. The van der Waals surface area contributed by atoms with Crippen LogP contribution in [0.25, 0.3) is 23.3 Å². The second-order valence-electron chi connectivity index (χ2n) is 13.6. The minimum absolute atomic E-state index is 1.13. The molecule has 1 aliphatic carbocycles. The van der Waals surface area contributed by atoms with E-state index in [0.717, 1.165) is 28.9 Å². The van der Waals surface area contributed by atoms with Gasteiger partial charge in [0.2, 0.25) is 0 Å². The quantitative estimate of drug-likeness (QED) is 0.103. The lowest BCUT2D eigenvalue weighted by molar-refractivity contribution is 0.685. The summed E-state index contributed by atoms with van der Waals surface area (Å²) in [5, 5.41) is 0. The van der Waals surface area contributed by atoms with Gasteiger partial charge >= 0.3 is 0 Å². The number of rotatable bonds is 10. The maximum absolute atomic E-state index is 2.43. The van der Waals surface area contributed by atoms with Gasteiger partial charge in [0.25, 0.3) is 0 Å². The average molecular weight is 682 g/mol. The van der Waals surface area contributed by atoms with Crippen molar-refractivity contribution in [2.75, 3.05) is 4.90 Å². The second kappa shape index (κ2) is 16.3. The number of anilines is 3. The molecule has 0 radical (unpaired) electrons.